The van der Waals surface area contributed by atoms with Crippen LogP contribution in [0.2, 0.25) is 0 Å². The topological polar surface area (TPSA) is 73.7 Å². The molecule has 0 saturated heterocycles. The Hall–Kier alpha value is -4.13. The largest absolute Gasteiger partial charge is 0.494 e. The molecule has 184 valence electrons. The fourth-order valence-electron chi connectivity index (χ4n) is 4.87. The standard InChI is InChI=1S/C29H29N3O4/c1-3-35-22-16-14-21(15-17-22)26-25(28(34)36-4-2)27(33)31(19-18-20-10-6-5-7-11-20)29-30-23-12-8-9-13-24(23)32(26)29/h5-17,25-26H,3-4,18-19H2,1-2H3/t25-,26-/m1/s1. The summed E-state index contributed by atoms with van der Waals surface area (Å²) in [4.78, 5) is 33.8. The number of amides is 1. The highest BCUT2D eigenvalue weighted by molar-refractivity contribution is 6.08. The Labute approximate surface area is 210 Å². The molecule has 36 heavy (non-hydrogen) atoms. The van der Waals surface area contributed by atoms with Crippen molar-refractivity contribution in [3.63, 3.8) is 0 Å². The zero-order chi connectivity index (χ0) is 25.1. The molecule has 1 amide bonds. The minimum atomic E-state index is -1.04. The lowest BCUT2D eigenvalue weighted by Gasteiger charge is -2.38. The van der Waals surface area contributed by atoms with E-state index in [-0.39, 0.29) is 12.5 Å². The third-order valence-electron chi connectivity index (χ3n) is 6.48. The van der Waals surface area contributed by atoms with Crippen molar-refractivity contribution in [1.82, 2.24) is 9.55 Å². The minimum absolute atomic E-state index is 0.195. The van der Waals surface area contributed by atoms with Gasteiger partial charge >= 0.3 is 5.97 Å². The van der Waals surface area contributed by atoms with Crippen molar-refractivity contribution in [3.8, 4) is 5.75 Å². The summed E-state index contributed by atoms with van der Waals surface area (Å²) in [5.41, 5.74) is 3.55. The van der Waals surface area contributed by atoms with Gasteiger partial charge in [-0.3, -0.25) is 14.5 Å². The lowest BCUT2D eigenvalue weighted by molar-refractivity contribution is -0.153. The van der Waals surface area contributed by atoms with E-state index in [1.807, 2.05) is 90.4 Å². The minimum Gasteiger partial charge on any atom is -0.494 e. The summed E-state index contributed by atoms with van der Waals surface area (Å²) < 4.78 is 13.1. The lowest BCUT2D eigenvalue weighted by Crippen LogP contribution is -2.50. The Bertz CT molecular complexity index is 1360. The highest BCUT2D eigenvalue weighted by atomic mass is 16.5. The molecular weight excluding hydrogens is 454 g/mol. The summed E-state index contributed by atoms with van der Waals surface area (Å²) in [6, 6.07) is 24.7. The van der Waals surface area contributed by atoms with E-state index in [9.17, 15) is 9.59 Å². The first-order valence-electron chi connectivity index (χ1n) is 12.3. The summed E-state index contributed by atoms with van der Waals surface area (Å²) in [5, 5.41) is 0. The van der Waals surface area contributed by atoms with E-state index < -0.39 is 17.9 Å². The molecular formula is C29H29N3O4. The summed E-state index contributed by atoms with van der Waals surface area (Å²) in [7, 11) is 0. The van der Waals surface area contributed by atoms with E-state index in [4.69, 9.17) is 14.5 Å². The molecule has 0 fully saturated rings. The number of hydrogen-bond donors (Lipinski definition) is 0. The van der Waals surface area contributed by atoms with E-state index >= 15 is 0 Å². The average Bonchev–Trinajstić information content (AvgIpc) is 3.28. The molecule has 0 bridgehead atoms. The van der Waals surface area contributed by atoms with Crippen molar-refractivity contribution in [3.05, 3.63) is 90.0 Å². The van der Waals surface area contributed by atoms with Gasteiger partial charge in [-0.25, -0.2) is 4.98 Å². The molecule has 4 aromatic rings. The Kier molecular flexibility index (Phi) is 6.71. The van der Waals surface area contributed by atoms with Crippen LogP contribution in [0.25, 0.3) is 11.0 Å². The van der Waals surface area contributed by atoms with Crippen LogP contribution < -0.4 is 9.64 Å². The van der Waals surface area contributed by atoms with Gasteiger partial charge in [-0.2, -0.15) is 0 Å². The average molecular weight is 484 g/mol. The zero-order valence-corrected chi connectivity index (χ0v) is 20.5. The molecule has 1 aromatic heterocycles. The highest BCUT2D eigenvalue weighted by Gasteiger charge is 2.47. The van der Waals surface area contributed by atoms with Crippen molar-refractivity contribution >= 4 is 28.9 Å². The van der Waals surface area contributed by atoms with E-state index in [1.165, 1.54) is 0 Å². The van der Waals surface area contributed by atoms with Gasteiger partial charge < -0.3 is 14.0 Å². The Morgan fingerprint density at radius 2 is 1.64 bits per heavy atom. The fraction of sp³-hybridized carbons (Fsp3) is 0.276. The second-order valence-electron chi connectivity index (χ2n) is 8.67. The summed E-state index contributed by atoms with van der Waals surface area (Å²) in [6.45, 7) is 4.83. The highest BCUT2D eigenvalue weighted by Crippen LogP contribution is 2.41. The summed E-state index contributed by atoms with van der Waals surface area (Å²) >= 11 is 0. The number of carbonyl (C=O) groups is 2. The van der Waals surface area contributed by atoms with Crippen LogP contribution in [0.1, 0.15) is 31.0 Å². The molecule has 2 atom stereocenters. The van der Waals surface area contributed by atoms with Crippen molar-refractivity contribution in [2.45, 2.75) is 26.3 Å². The van der Waals surface area contributed by atoms with Crippen molar-refractivity contribution in [2.75, 3.05) is 24.7 Å². The molecule has 7 nitrogen and oxygen atoms in total. The maximum Gasteiger partial charge on any atom is 0.321 e. The molecule has 5 rings (SSSR count). The van der Waals surface area contributed by atoms with Crippen LogP contribution in [-0.4, -0.2) is 41.2 Å². The van der Waals surface area contributed by atoms with Gasteiger partial charge in [0, 0.05) is 6.54 Å². The first-order chi connectivity index (χ1) is 17.6. The number of benzene rings is 3. The summed E-state index contributed by atoms with van der Waals surface area (Å²) in [5.74, 6) is -0.600. The van der Waals surface area contributed by atoms with Gasteiger partial charge in [0.15, 0.2) is 5.92 Å². The molecule has 7 heteroatoms. The summed E-state index contributed by atoms with van der Waals surface area (Å²) in [6.07, 6.45) is 0.638. The smallest absolute Gasteiger partial charge is 0.321 e. The molecule has 2 heterocycles. The van der Waals surface area contributed by atoms with E-state index in [0.717, 1.165) is 27.9 Å². The number of imidazole rings is 1. The Morgan fingerprint density at radius 1 is 0.917 bits per heavy atom. The van der Waals surface area contributed by atoms with Crippen LogP contribution in [0.15, 0.2) is 78.9 Å². The van der Waals surface area contributed by atoms with Crippen molar-refractivity contribution < 1.29 is 19.1 Å². The van der Waals surface area contributed by atoms with Crippen LogP contribution in [-0.2, 0) is 20.7 Å². The second-order valence-corrected chi connectivity index (χ2v) is 8.67. The second kappa shape index (κ2) is 10.2. The van der Waals surface area contributed by atoms with Gasteiger partial charge in [0.1, 0.15) is 5.75 Å². The molecule has 3 aromatic carbocycles. The fourth-order valence-corrected chi connectivity index (χ4v) is 4.87. The van der Waals surface area contributed by atoms with Gasteiger partial charge in [0.25, 0.3) is 0 Å². The van der Waals surface area contributed by atoms with Crippen molar-refractivity contribution in [1.29, 1.82) is 0 Å². The van der Waals surface area contributed by atoms with Gasteiger partial charge in [-0.1, -0.05) is 54.6 Å². The number of carbonyl (C=O) groups excluding carboxylic acids is 2. The van der Waals surface area contributed by atoms with Crippen LogP contribution in [0.5, 0.6) is 5.75 Å². The van der Waals surface area contributed by atoms with Crippen LogP contribution in [0, 0.1) is 5.92 Å². The number of para-hydroxylation sites is 2. The van der Waals surface area contributed by atoms with Crippen LogP contribution in [0.3, 0.4) is 0 Å². The maximum atomic E-state index is 14.0. The number of esters is 1. The van der Waals surface area contributed by atoms with Crippen LogP contribution >= 0.6 is 0 Å². The Balaban J connectivity index is 1.65. The van der Waals surface area contributed by atoms with E-state index in [2.05, 4.69) is 0 Å². The first-order valence-corrected chi connectivity index (χ1v) is 12.3. The number of nitrogens with zero attached hydrogens (tertiary/aromatic N) is 3. The first kappa shape index (κ1) is 23.6. The molecule has 0 unspecified atom stereocenters. The number of aromatic nitrogens is 2. The maximum absolute atomic E-state index is 14.0. The zero-order valence-electron chi connectivity index (χ0n) is 20.5. The molecule has 0 saturated carbocycles. The molecule has 0 spiro atoms. The van der Waals surface area contributed by atoms with Crippen molar-refractivity contribution in [2.24, 2.45) is 5.92 Å². The third-order valence-corrected chi connectivity index (χ3v) is 6.48. The molecule has 1 aliphatic rings. The van der Waals surface area contributed by atoms with Crippen LogP contribution in [0.4, 0.5) is 5.95 Å². The molecule has 0 radical (unpaired) electrons. The van der Waals surface area contributed by atoms with Gasteiger partial charge in [0.2, 0.25) is 11.9 Å². The number of fused-ring (bicyclic) bond motifs is 3. The Morgan fingerprint density at radius 3 is 2.36 bits per heavy atom. The molecule has 0 N–H and O–H groups in total. The molecule has 1 aliphatic heterocycles. The lowest BCUT2D eigenvalue weighted by atomic mass is 9.89. The van der Waals surface area contributed by atoms with Gasteiger partial charge in [-0.05, 0) is 55.7 Å². The number of ether oxygens (including phenoxy) is 2. The SMILES string of the molecule is CCOC(=O)[C@H]1C(=O)N(CCc2ccccc2)c2nc3ccccc3n2[C@@H]1c1ccc(OCC)cc1. The monoisotopic (exact) mass is 483 g/mol. The number of hydrogen-bond acceptors (Lipinski definition) is 5. The van der Waals surface area contributed by atoms with E-state index in [0.29, 0.717) is 25.5 Å². The number of anilines is 1. The van der Waals surface area contributed by atoms with Gasteiger partial charge in [-0.15, -0.1) is 0 Å². The third kappa shape index (κ3) is 4.33. The predicted molar refractivity (Wildman–Crippen MR) is 138 cm³/mol. The quantitative estimate of drug-likeness (QED) is 0.266. The number of rotatable bonds is 8. The van der Waals surface area contributed by atoms with E-state index in [1.54, 1.807) is 11.8 Å². The van der Waals surface area contributed by atoms with Gasteiger partial charge in [0.05, 0.1) is 30.3 Å². The predicted octanol–water partition coefficient (Wildman–Crippen LogP) is 4.79. The normalized spacial score (nSPS) is 17.2. The molecule has 0 aliphatic carbocycles.